The second-order valence-corrected chi connectivity index (χ2v) is 5.73. The highest BCUT2D eigenvalue weighted by Gasteiger charge is 2.32. The molecule has 6 heteroatoms. The minimum absolute atomic E-state index is 0.00355. The molecular formula is C15H22N2O4. The number of aliphatic hydroxyl groups excluding tert-OH is 1. The fourth-order valence-corrected chi connectivity index (χ4v) is 2.59. The molecule has 1 atom stereocenters. The van der Waals surface area contributed by atoms with Crippen molar-refractivity contribution >= 4 is 5.69 Å². The van der Waals surface area contributed by atoms with E-state index in [2.05, 4.69) is 5.32 Å². The number of benzene rings is 1. The highest BCUT2D eigenvalue weighted by Crippen LogP contribution is 2.30. The molecule has 1 aromatic carbocycles. The first kappa shape index (κ1) is 15.9. The molecule has 1 aliphatic heterocycles. The van der Waals surface area contributed by atoms with Gasteiger partial charge in [-0.3, -0.25) is 10.1 Å². The molecule has 1 heterocycles. The van der Waals surface area contributed by atoms with Crippen molar-refractivity contribution in [3.8, 4) is 0 Å². The lowest BCUT2D eigenvalue weighted by atomic mass is 9.80. The van der Waals surface area contributed by atoms with Gasteiger partial charge >= 0.3 is 0 Å². The second kappa shape index (κ2) is 6.98. The minimum atomic E-state index is -0.385. The van der Waals surface area contributed by atoms with E-state index in [9.17, 15) is 15.2 Å². The molecule has 6 nitrogen and oxygen atoms in total. The van der Waals surface area contributed by atoms with Crippen LogP contribution in [-0.4, -0.2) is 36.4 Å². The van der Waals surface area contributed by atoms with Crippen molar-refractivity contribution in [1.82, 2.24) is 5.32 Å². The average Bonchev–Trinajstić information content (AvgIpc) is 2.53. The molecule has 1 unspecified atom stereocenters. The first-order chi connectivity index (χ1) is 10.1. The van der Waals surface area contributed by atoms with E-state index in [0.717, 1.165) is 18.4 Å². The van der Waals surface area contributed by atoms with Crippen molar-refractivity contribution in [3.05, 3.63) is 39.9 Å². The number of rotatable bonds is 6. The third kappa shape index (κ3) is 4.00. The zero-order valence-corrected chi connectivity index (χ0v) is 12.2. The highest BCUT2D eigenvalue weighted by molar-refractivity contribution is 5.35. The highest BCUT2D eigenvalue weighted by atomic mass is 16.6. The van der Waals surface area contributed by atoms with Gasteiger partial charge in [0.15, 0.2) is 0 Å². The summed E-state index contributed by atoms with van der Waals surface area (Å²) < 4.78 is 5.35. The molecule has 1 saturated heterocycles. The summed E-state index contributed by atoms with van der Waals surface area (Å²) in [6.07, 6.45) is 1.66. The van der Waals surface area contributed by atoms with Crippen LogP contribution in [0.4, 0.5) is 5.69 Å². The van der Waals surface area contributed by atoms with Gasteiger partial charge in [0, 0.05) is 43.3 Å². The zero-order chi connectivity index (χ0) is 15.3. The van der Waals surface area contributed by atoms with Crippen LogP contribution in [0.2, 0.25) is 0 Å². The van der Waals surface area contributed by atoms with E-state index < -0.39 is 0 Å². The molecule has 2 N–H and O–H groups in total. The number of ether oxygens (including phenoxy) is 1. The van der Waals surface area contributed by atoms with Gasteiger partial charge in [0.2, 0.25) is 0 Å². The van der Waals surface area contributed by atoms with Crippen molar-refractivity contribution in [2.24, 2.45) is 5.41 Å². The van der Waals surface area contributed by atoms with E-state index in [1.807, 2.05) is 13.0 Å². The maximum absolute atomic E-state index is 10.8. The lowest BCUT2D eigenvalue weighted by Gasteiger charge is -2.36. The van der Waals surface area contributed by atoms with Crippen molar-refractivity contribution in [3.63, 3.8) is 0 Å². The number of non-ortho nitro benzene ring substituents is 1. The van der Waals surface area contributed by atoms with E-state index in [-0.39, 0.29) is 28.7 Å². The predicted molar refractivity (Wildman–Crippen MR) is 79.1 cm³/mol. The van der Waals surface area contributed by atoms with Gasteiger partial charge in [-0.05, 0) is 25.3 Å². The summed E-state index contributed by atoms with van der Waals surface area (Å²) in [7, 11) is 0. The fraction of sp³-hybridized carbons (Fsp3) is 0.600. The first-order valence-corrected chi connectivity index (χ1v) is 7.23. The molecule has 1 aromatic rings. The van der Waals surface area contributed by atoms with Crippen molar-refractivity contribution in [2.75, 3.05) is 26.4 Å². The quantitative estimate of drug-likeness (QED) is 0.619. The SMILES string of the molecule is CC(NCC1(CO)CCOCC1)c1cccc([N+](=O)[O-])c1. The van der Waals surface area contributed by atoms with Crippen LogP contribution < -0.4 is 5.32 Å². The first-order valence-electron chi connectivity index (χ1n) is 7.23. The van der Waals surface area contributed by atoms with E-state index in [1.165, 1.54) is 6.07 Å². The Hall–Kier alpha value is -1.50. The molecule has 0 amide bonds. The van der Waals surface area contributed by atoms with Crippen LogP contribution in [0.25, 0.3) is 0 Å². The van der Waals surface area contributed by atoms with E-state index in [1.54, 1.807) is 12.1 Å². The molecule has 0 saturated carbocycles. The summed E-state index contributed by atoms with van der Waals surface area (Å²) in [6, 6.07) is 6.65. The molecule has 1 fully saturated rings. The fourth-order valence-electron chi connectivity index (χ4n) is 2.59. The van der Waals surface area contributed by atoms with Crippen LogP contribution >= 0.6 is 0 Å². The molecule has 21 heavy (non-hydrogen) atoms. The molecule has 2 rings (SSSR count). The van der Waals surface area contributed by atoms with Crippen LogP contribution in [-0.2, 0) is 4.74 Å². The third-order valence-electron chi connectivity index (χ3n) is 4.25. The number of nitro groups is 1. The number of hydrogen-bond donors (Lipinski definition) is 2. The van der Waals surface area contributed by atoms with E-state index in [0.29, 0.717) is 19.8 Å². The van der Waals surface area contributed by atoms with Gasteiger partial charge in [0.05, 0.1) is 11.5 Å². The van der Waals surface area contributed by atoms with Gasteiger partial charge in [-0.2, -0.15) is 0 Å². The minimum Gasteiger partial charge on any atom is -0.396 e. The molecule has 0 spiro atoms. The van der Waals surface area contributed by atoms with Gasteiger partial charge in [-0.15, -0.1) is 0 Å². The number of nitrogens with zero attached hydrogens (tertiary/aromatic N) is 1. The Morgan fingerprint density at radius 3 is 2.81 bits per heavy atom. The van der Waals surface area contributed by atoms with Crippen LogP contribution in [0.1, 0.15) is 31.4 Å². The summed E-state index contributed by atoms with van der Waals surface area (Å²) in [5, 5.41) is 23.9. The lowest BCUT2D eigenvalue weighted by molar-refractivity contribution is -0.384. The van der Waals surface area contributed by atoms with Crippen molar-refractivity contribution < 1.29 is 14.8 Å². The Bertz CT molecular complexity index is 486. The molecule has 0 aliphatic carbocycles. The maximum Gasteiger partial charge on any atom is 0.269 e. The van der Waals surface area contributed by atoms with Crippen LogP contribution in [0.3, 0.4) is 0 Å². The Morgan fingerprint density at radius 1 is 1.48 bits per heavy atom. The summed E-state index contributed by atoms with van der Waals surface area (Å²) in [5.74, 6) is 0. The molecule has 116 valence electrons. The molecular weight excluding hydrogens is 272 g/mol. The summed E-state index contributed by atoms with van der Waals surface area (Å²) in [4.78, 5) is 10.4. The maximum atomic E-state index is 10.8. The standard InChI is InChI=1S/C15H22N2O4/c1-12(13-3-2-4-14(9-13)17(19)20)16-10-15(11-18)5-7-21-8-6-15/h2-4,9,12,16,18H,5-8,10-11H2,1H3. The Labute approximate surface area is 124 Å². The number of hydrogen-bond acceptors (Lipinski definition) is 5. The van der Waals surface area contributed by atoms with Gasteiger partial charge in [-0.1, -0.05) is 12.1 Å². The van der Waals surface area contributed by atoms with E-state index in [4.69, 9.17) is 4.74 Å². The van der Waals surface area contributed by atoms with Crippen LogP contribution in [0.15, 0.2) is 24.3 Å². The third-order valence-corrected chi connectivity index (χ3v) is 4.25. The van der Waals surface area contributed by atoms with Gasteiger partial charge in [-0.25, -0.2) is 0 Å². The largest absolute Gasteiger partial charge is 0.396 e. The van der Waals surface area contributed by atoms with E-state index >= 15 is 0 Å². The molecule has 1 aliphatic rings. The predicted octanol–water partition coefficient (Wildman–Crippen LogP) is 2.03. The Kier molecular flexibility index (Phi) is 5.27. The molecule has 0 aromatic heterocycles. The number of nitrogens with one attached hydrogen (secondary N) is 1. The molecule has 0 bridgehead atoms. The monoisotopic (exact) mass is 294 g/mol. The van der Waals surface area contributed by atoms with Gasteiger partial charge in [0.1, 0.15) is 0 Å². The smallest absolute Gasteiger partial charge is 0.269 e. The van der Waals surface area contributed by atoms with Crippen molar-refractivity contribution in [1.29, 1.82) is 0 Å². The lowest BCUT2D eigenvalue weighted by Crippen LogP contribution is -2.42. The average molecular weight is 294 g/mol. The van der Waals surface area contributed by atoms with Crippen LogP contribution in [0.5, 0.6) is 0 Å². The molecule has 0 radical (unpaired) electrons. The summed E-state index contributed by atoms with van der Waals surface area (Å²) in [6.45, 7) is 4.13. The summed E-state index contributed by atoms with van der Waals surface area (Å²) in [5.41, 5.74) is 0.834. The van der Waals surface area contributed by atoms with Crippen LogP contribution in [0, 0.1) is 15.5 Å². The van der Waals surface area contributed by atoms with Gasteiger partial charge in [0.25, 0.3) is 5.69 Å². The van der Waals surface area contributed by atoms with Gasteiger partial charge < -0.3 is 15.2 Å². The number of aliphatic hydroxyl groups is 1. The normalized spacial score (nSPS) is 19.1. The Balaban J connectivity index is 1.99. The Morgan fingerprint density at radius 2 is 2.19 bits per heavy atom. The topological polar surface area (TPSA) is 84.6 Å². The number of nitro benzene ring substituents is 1. The second-order valence-electron chi connectivity index (χ2n) is 5.73. The zero-order valence-electron chi connectivity index (χ0n) is 12.2. The summed E-state index contributed by atoms with van der Waals surface area (Å²) >= 11 is 0. The van der Waals surface area contributed by atoms with Crippen molar-refractivity contribution in [2.45, 2.75) is 25.8 Å².